The van der Waals surface area contributed by atoms with Gasteiger partial charge in [-0.15, -0.1) is 0 Å². The molecule has 1 fully saturated rings. The maximum atomic E-state index is 13.4. The van der Waals surface area contributed by atoms with Crippen LogP contribution >= 0.6 is 12.2 Å². The SMILES string of the molecule is Cc1ccc(NC(=S)NCCCOC[C@@H]2CCCO2)cc1F. The van der Waals surface area contributed by atoms with E-state index in [4.69, 9.17) is 21.7 Å². The van der Waals surface area contributed by atoms with Gasteiger partial charge in [-0.05, 0) is 56.1 Å². The van der Waals surface area contributed by atoms with Crippen LogP contribution in [0.25, 0.3) is 0 Å². The van der Waals surface area contributed by atoms with Gasteiger partial charge in [0.05, 0.1) is 12.7 Å². The molecule has 1 heterocycles. The van der Waals surface area contributed by atoms with E-state index in [9.17, 15) is 4.39 Å². The molecule has 1 aromatic rings. The van der Waals surface area contributed by atoms with Gasteiger partial charge in [0.2, 0.25) is 0 Å². The standard InChI is InChI=1S/C16H23FN2O2S/c1-12-5-6-13(10-15(12)17)19-16(22)18-7-3-8-20-11-14-4-2-9-21-14/h5-6,10,14H,2-4,7-9,11H2,1H3,(H2,18,19,22)/t14-/m0/s1. The molecule has 0 bridgehead atoms. The summed E-state index contributed by atoms with van der Waals surface area (Å²) in [5.41, 5.74) is 1.27. The number of anilines is 1. The zero-order valence-electron chi connectivity index (χ0n) is 12.9. The van der Waals surface area contributed by atoms with Gasteiger partial charge < -0.3 is 20.1 Å². The average Bonchev–Trinajstić information content (AvgIpc) is 3.00. The van der Waals surface area contributed by atoms with Crippen molar-refractivity contribution in [2.45, 2.75) is 32.3 Å². The van der Waals surface area contributed by atoms with Gasteiger partial charge in [0.1, 0.15) is 5.82 Å². The minimum atomic E-state index is -0.240. The number of ether oxygens (including phenoxy) is 2. The third-order valence-corrected chi connectivity index (χ3v) is 3.75. The molecule has 6 heteroatoms. The fourth-order valence-corrected chi connectivity index (χ4v) is 2.43. The lowest BCUT2D eigenvalue weighted by Gasteiger charge is -2.12. The second-order valence-corrected chi connectivity index (χ2v) is 5.82. The third-order valence-electron chi connectivity index (χ3n) is 3.51. The normalized spacial score (nSPS) is 17.5. The predicted octanol–water partition coefficient (Wildman–Crippen LogP) is 3.01. The van der Waals surface area contributed by atoms with Crippen LogP contribution in [-0.2, 0) is 9.47 Å². The zero-order chi connectivity index (χ0) is 15.8. The van der Waals surface area contributed by atoms with Crippen LogP contribution in [0.15, 0.2) is 18.2 Å². The Bertz CT molecular complexity index is 493. The first-order chi connectivity index (χ1) is 10.6. The molecule has 0 spiro atoms. The first kappa shape index (κ1) is 17.1. The smallest absolute Gasteiger partial charge is 0.170 e. The van der Waals surface area contributed by atoms with Crippen LogP contribution in [0, 0.1) is 12.7 Å². The molecule has 122 valence electrons. The van der Waals surface area contributed by atoms with E-state index in [-0.39, 0.29) is 11.9 Å². The number of nitrogens with one attached hydrogen (secondary N) is 2. The summed E-state index contributed by atoms with van der Waals surface area (Å²) >= 11 is 5.17. The molecule has 0 unspecified atom stereocenters. The molecule has 0 radical (unpaired) electrons. The second-order valence-electron chi connectivity index (χ2n) is 5.41. The summed E-state index contributed by atoms with van der Waals surface area (Å²) in [5, 5.41) is 6.53. The van der Waals surface area contributed by atoms with Crippen molar-refractivity contribution in [1.29, 1.82) is 0 Å². The minimum Gasteiger partial charge on any atom is -0.379 e. The van der Waals surface area contributed by atoms with Crippen LogP contribution in [0.5, 0.6) is 0 Å². The van der Waals surface area contributed by atoms with Crippen LogP contribution < -0.4 is 10.6 Å². The van der Waals surface area contributed by atoms with E-state index in [1.54, 1.807) is 19.1 Å². The number of halogens is 1. The fourth-order valence-electron chi connectivity index (χ4n) is 2.21. The van der Waals surface area contributed by atoms with Crippen LogP contribution in [0.4, 0.5) is 10.1 Å². The largest absolute Gasteiger partial charge is 0.379 e. The van der Waals surface area contributed by atoms with Crippen molar-refractivity contribution in [3.05, 3.63) is 29.6 Å². The van der Waals surface area contributed by atoms with Gasteiger partial charge in [-0.1, -0.05) is 6.07 Å². The van der Waals surface area contributed by atoms with Crippen molar-refractivity contribution in [3.8, 4) is 0 Å². The van der Waals surface area contributed by atoms with Gasteiger partial charge in [0.15, 0.2) is 5.11 Å². The van der Waals surface area contributed by atoms with E-state index in [1.165, 1.54) is 6.07 Å². The van der Waals surface area contributed by atoms with Crippen molar-refractivity contribution in [2.75, 3.05) is 31.7 Å². The minimum absolute atomic E-state index is 0.240. The van der Waals surface area contributed by atoms with Gasteiger partial charge in [-0.3, -0.25) is 0 Å². The maximum Gasteiger partial charge on any atom is 0.170 e. The van der Waals surface area contributed by atoms with Gasteiger partial charge in [0, 0.05) is 25.4 Å². The number of benzene rings is 1. The Balaban J connectivity index is 1.54. The molecule has 1 saturated heterocycles. The summed E-state index contributed by atoms with van der Waals surface area (Å²) in [4.78, 5) is 0. The van der Waals surface area contributed by atoms with Crippen molar-refractivity contribution in [1.82, 2.24) is 5.32 Å². The number of hydrogen-bond acceptors (Lipinski definition) is 3. The number of rotatable bonds is 7. The average molecular weight is 326 g/mol. The topological polar surface area (TPSA) is 42.5 Å². The highest BCUT2D eigenvalue weighted by Crippen LogP contribution is 2.13. The molecule has 2 N–H and O–H groups in total. The summed E-state index contributed by atoms with van der Waals surface area (Å²) in [7, 11) is 0. The quantitative estimate of drug-likeness (QED) is 0.595. The summed E-state index contributed by atoms with van der Waals surface area (Å²) < 4.78 is 24.5. The predicted molar refractivity (Wildman–Crippen MR) is 89.8 cm³/mol. The van der Waals surface area contributed by atoms with Crippen molar-refractivity contribution in [2.24, 2.45) is 0 Å². The monoisotopic (exact) mass is 326 g/mol. The highest BCUT2D eigenvalue weighted by Gasteiger charge is 2.14. The first-order valence-electron chi connectivity index (χ1n) is 7.65. The Kier molecular flexibility index (Phi) is 7.02. The van der Waals surface area contributed by atoms with Crippen molar-refractivity contribution in [3.63, 3.8) is 0 Å². The van der Waals surface area contributed by atoms with Gasteiger partial charge in [-0.25, -0.2) is 4.39 Å². The number of hydrogen-bond donors (Lipinski definition) is 2. The van der Waals surface area contributed by atoms with Crippen LogP contribution in [0.3, 0.4) is 0 Å². The molecule has 1 aliphatic rings. The Morgan fingerprint density at radius 3 is 3.09 bits per heavy atom. The van der Waals surface area contributed by atoms with Gasteiger partial charge in [0.25, 0.3) is 0 Å². The van der Waals surface area contributed by atoms with E-state index in [0.29, 0.717) is 36.1 Å². The molecule has 0 aromatic heterocycles. The Labute approximate surface area is 136 Å². The summed E-state index contributed by atoms with van der Waals surface area (Å²) in [6, 6.07) is 4.96. The van der Waals surface area contributed by atoms with Gasteiger partial charge >= 0.3 is 0 Å². The fraction of sp³-hybridized carbons (Fsp3) is 0.562. The molecular weight excluding hydrogens is 303 g/mol. The lowest BCUT2D eigenvalue weighted by molar-refractivity contribution is 0.0168. The van der Waals surface area contributed by atoms with Crippen LogP contribution in [-0.4, -0.2) is 37.6 Å². The van der Waals surface area contributed by atoms with E-state index in [0.717, 1.165) is 25.9 Å². The molecule has 4 nitrogen and oxygen atoms in total. The molecule has 0 aliphatic carbocycles. The lowest BCUT2D eigenvalue weighted by Crippen LogP contribution is -2.30. The number of aryl methyl sites for hydroxylation is 1. The Morgan fingerprint density at radius 2 is 2.36 bits per heavy atom. The molecule has 1 aromatic carbocycles. The van der Waals surface area contributed by atoms with Crippen LogP contribution in [0.2, 0.25) is 0 Å². The van der Waals surface area contributed by atoms with E-state index in [2.05, 4.69) is 10.6 Å². The van der Waals surface area contributed by atoms with E-state index in [1.807, 2.05) is 0 Å². The maximum absolute atomic E-state index is 13.4. The van der Waals surface area contributed by atoms with Crippen molar-refractivity contribution < 1.29 is 13.9 Å². The molecular formula is C16H23FN2O2S. The van der Waals surface area contributed by atoms with E-state index < -0.39 is 0 Å². The van der Waals surface area contributed by atoms with Crippen LogP contribution in [0.1, 0.15) is 24.8 Å². The molecule has 2 rings (SSSR count). The molecule has 0 saturated carbocycles. The summed E-state index contributed by atoms with van der Waals surface area (Å²) in [6.07, 6.45) is 3.36. The molecule has 22 heavy (non-hydrogen) atoms. The Hall–Kier alpha value is -1.24. The third kappa shape index (κ3) is 5.87. The molecule has 1 aliphatic heterocycles. The molecule has 0 amide bonds. The lowest BCUT2D eigenvalue weighted by atomic mass is 10.2. The highest BCUT2D eigenvalue weighted by atomic mass is 32.1. The zero-order valence-corrected chi connectivity index (χ0v) is 13.7. The summed E-state index contributed by atoms with van der Waals surface area (Å²) in [5.74, 6) is -0.240. The first-order valence-corrected chi connectivity index (χ1v) is 8.06. The number of thiocarbonyl (C=S) groups is 1. The second kappa shape index (κ2) is 9.02. The van der Waals surface area contributed by atoms with Crippen molar-refractivity contribution >= 4 is 23.0 Å². The summed E-state index contributed by atoms with van der Waals surface area (Å²) in [6.45, 7) is 4.65. The van der Waals surface area contributed by atoms with E-state index >= 15 is 0 Å². The van der Waals surface area contributed by atoms with Gasteiger partial charge in [-0.2, -0.15) is 0 Å². The molecule has 1 atom stereocenters. The Morgan fingerprint density at radius 1 is 1.50 bits per heavy atom. The highest BCUT2D eigenvalue weighted by molar-refractivity contribution is 7.80.